The molecule has 0 radical (unpaired) electrons. The molecule has 1 aliphatic carbocycles. The van der Waals surface area contributed by atoms with Crippen LogP contribution >= 0.6 is 0 Å². The van der Waals surface area contributed by atoms with Crippen LogP contribution in [0.25, 0.3) is 0 Å². The van der Waals surface area contributed by atoms with E-state index in [0.717, 1.165) is 6.42 Å². The second-order valence-electron chi connectivity index (χ2n) is 4.83. The molecule has 0 saturated heterocycles. The zero-order valence-electron chi connectivity index (χ0n) is 10.3. The lowest BCUT2D eigenvalue weighted by molar-refractivity contribution is -0.120. The number of hydrogen-bond donors (Lipinski definition) is 2. The van der Waals surface area contributed by atoms with Crippen LogP contribution in [-0.4, -0.2) is 12.5 Å². The molecule has 0 aliphatic heterocycles. The summed E-state index contributed by atoms with van der Waals surface area (Å²) >= 11 is 0. The fraction of sp³-hybridized carbons (Fsp3) is 0.500. The first-order valence-electron chi connectivity index (χ1n) is 6.32. The van der Waals surface area contributed by atoms with Crippen LogP contribution in [0.15, 0.2) is 18.2 Å². The first kappa shape index (κ1) is 12.0. The molecule has 17 heavy (non-hydrogen) atoms. The predicted octanol–water partition coefficient (Wildman–Crippen LogP) is 2.10. The van der Waals surface area contributed by atoms with Gasteiger partial charge in [-0.05, 0) is 42.9 Å². The van der Waals surface area contributed by atoms with Crippen molar-refractivity contribution in [3.63, 3.8) is 0 Å². The molecule has 3 N–H and O–H groups in total. The summed E-state index contributed by atoms with van der Waals surface area (Å²) in [7, 11) is 0. The van der Waals surface area contributed by atoms with Crippen molar-refractivity contribution in [2.45, 2.75) is 32.6 Å². The predicted molar refractivity (Wildman–Crippen MR) is 69.9 cm³/mol. The molecule has 0 fully saturated rings. The number of amides is 1. The first-order valence-corrected chi connectivity index (χ1v) is 6.32. The molecular formula is C14H20N2O. The van der Waals surface area contributed by atoms with Gasteiger partial charge in [-0.1, -0.05) is 19.1 Å². The number of benzene rings is 1. The van der Waals surface area contributed by atoms with Crippen molar-refractivity contribution in [2.75, 3.05) is 11.9 Å². The summed E-state index contributed by atoms with van der Waals surface area (Å²) in [6, 6.07) is 6.39. The Bertz CT molecular complexity index is 415. The smallest absolute Gasteiger partial charge is 0.222 e. The molecule has 1 aromatic rings. The topological polar surface area (TPSA) is 55.1 Å². The number of carbonyl (C=O) groups is 1. The van der Waals surface area contributed by atoms with Crippen LogP contribution in [0, 0.1) is 5.92 Å². The van der Waals surface area contributed by atoms with Gasteiger partial charge in [0.05, 0.1) is 5.92 Å². The molecule has 0 aromatic heterocycles. The van der Waals surface area contributed by atoms with Crippen LogP contribution < -0.4 is 11.1 Å². The number of aryl methyl sites for hydroxylation is 1. The van der Waals surface area contributed by atoms with E-state index < -0.39 is 0 Å². The van der Waals surface area contributed by atoms with Crippen molar-refractivity contribution in [3.8, 4) is 0 Å². The molecule has 0 spiro atoms. The number of nitrogens with two attached hydrogens (primary N) is 1. The fourth-order valence-corrected chi connectivity index (χ4v) is 2.31. The molecule has 92 valence electrons. The van der Waals surface area contributed by atoms with Crippen LogP contribution in [0.1, 0.15) is 30.9 Å². The zero-order valence-corrected chi connectivity index (χ0v) is 10.3. The summed E-state index contributed by atoms with van der Waals surface area (Å²) in [6.45, 7) is 2.47. The highest BCUT2D eigenvalue weighted by atomic mass is 16.1. The van der Waals surface area contributed by atoms with E-state index in [9.17, 15) is 4.79 Å². The van der Waals surface area contributed by atoms with E-state index >= 15 is 0 Å². The highest BCUT2D eigenvalue weighted by molar-refractivity contribution is 5.77. The number of rotatable bonds is 4. The van der Waals surface area contributed by atoms with Crippen LogP contribution in [0.2, 0.25) is 0 Å². The van der Waals surface area contributed by atoms with Gasteiger partial charge >= 0.3 is 0 Å². The van der Waals surface area contributed by atoms with Crippen LogP contribution in [0.5, 0.6) is 0 Å². The quantitative estimate of drug-likeness (QED) is 0.835. The summed E-state index contributed by atoms with van der Waals surface area (Å²) in [5.74, 6) is -0.378. The number of nitrogens with one attached hydrogen (secondary N) is 1. The minimum absolute atomic E-state index is 0.130. The van der Waals surface area contributed by atoms with Gasteiger partial charge in [0.15, 0.2) is 0 Å². The number of hydrogen-bond acceptors (Lipinski definition) is 2. The third-order valence-electron chi connectivity index (χ3n) is 3.48. The van der Waals surface area contributed by atoms with E-state index in [1.54, 1.807) is 0 Å². The average Bonchev–Trinajstić information content (AvgIpc) is 2.35. The Morgan fingerprint density at radius 1 is 1.41 bits per heavy atom. The molecule has 1 atom stereocenters. The molecule has 0 bridgehead atoms. The lowest BCUT2D eigenvalue weighted by atomic mass is 9.90. The first-order chi connectivity index (χ1) is 8.18. The standard InChI is InChI=1S/C14H20N2O/c1-10(14(15)17)9-16-13-8-4-6-11-5-2-3-7-12(11)13/h4,6,8,10,16H,2-3,5,7,9H2,1H3,(H2,15,17). The lowest BCUT2D eigenvalue weighted by Crippen LogP contribution is -2.27. The Morgan fingerprint density at radius 2 is 2.18 bits per heavy atom. The summed E-state index contributed by atoms with van der Waals surface area (Å²) in [6.07, 6.45) is 4.87. The Kier molecular flexibility index (Phi) is 3.67. The molecule has 0 saturated carbocycles. The second kappa shape index (κ2) is 5.21. The number of fused-ring (bicyclic) bond motifs is 1. The van der Waals surface area contributed by atoms with E-state index in [1.165, 1.54) is 36.1 Å². The van der Waals surface area contributed by atoms with Crippen molar-refractivity contribution < 1.29 is 4.79 Å². The average molecular weight is 232 g/mol. The summed E-state index contributed by atoms with van der Waals surface area (Å²) in [5.41, 5.74) is 9.31. The highest BCUT2D eigenvalue weighted by Gasteiger charge is 2.14. The Morgan fingerprint density at radius 3 is 2.94 bits per heavy atom. The maximum atomic E-state index is 11.0. The summed E-state index contributed by atoms with van der Waals surface area (Å²) in [5, 5.41) is 3.35. The normalized spacial score (nSPS) is 16.1. The van der Waals surface area contributed by atoms with E-state index in [4.69, 9.17) is 5.73 Å². The minimum Gasteiger partial charge on any atom is -0.384 e. The maximum Gasteiger partial charge on any atom is 0.222 e. The number of anilines is 1. The van der Waals surface area contributed by atoms with Crippen LogP contribution in [0.4, 0.5) is 5.69 Å². The van der Waals surface area contributed by atoms with Gasteiger partial charge in [0.1, 0.15) is 0 Å². The van der Waals surface area contributed by atoms with Gasteiger partial charge in [-0.2, -0.15) is 0 Å². The molecule has 1 aromatic carbocycles. The molecule has 2 rings (SSSR count). The minimum atomic E-state index is -0.248. The van der Waals surface area contributed by atoms with Gasteiger partial charge < -0.3 is 11.1 Å². The van der Waals surface area contributed by atoms with Gasteiger partial charge in [-0.3, -0.25) is 4.79 Å². The summed E-state index contributed by atoms with van der Waals surface area (Å²) < 4.78 is 0. The monoisotopic (exact) mass is 232 g/mol. The summed E-state index contributed by atoms with van der Waals surface area (Å²) in [4.78, 5) is 11.0. The lowest BCUT2D eigenvalue weighted by Gasteiger charge is -2.21. The Hall–Kier alpha value is -1.51. The molecule has 1 unspecified atom stereocenters. The molecule has 3 heteroatoms. The maximum absolute atomic E-state index is 11.0. The van der Waals surface area contributed by atoms with E-state index in [2.05, 4.69) is 23.5 Å². The van der Waals surface area contributed by atoms with E-state index in [0.29, 0.717) is 6.54 Å². The molecule has 1 amide bonds. The number of carbonyl (C=O) groups excluding carboxylic acids is 1. The zero-order chi connectivity index (χ0) is 12.3. The van der Waals surface area contributed by atoms with E-state index in [-0.39, 0.29) is 11.8 Å². The highest BCUT2D eigenvalue weighted by Crippen LogP contribution is 2.27. The van der Waals surface area contributed by atoms with Crippen molar-refractivity contribution in [1.29, 1.82) is 0 Å². The van der Waals surface area contributed by atoms with Crippen LogP contribution in [-0.2, 0) is 17.6 Å². The Labute approximate surface area is 102 Å². The third-order valence-corrected chi connectivity index (χ3v) is 3.48. The number of primary amides is 1. The third kappa shape index (κ3) is 2.78. The molecule has 1 aliphatic rings. The van der Waals surface area contributed by atoms with Gasteiger partial charge in [0.25, 0.3) is 0 Å². The van der Waals surface area contributed by atoms with Crippen molar-refractivity contribution in [2.24, 2.45) is 11.7 Å². The molecule has 0 heterocycles. The molecule has 3 nitrogen and oxygen atoms in total. The second-order valence-corrected chi connectivity index (χ2v) is 4.83. The Balaban J connectivity index is 2.08. The van der Waals surface area contributed by atoms with Gasteiger partial charge in [0.2, 0.25) is 5.91 Å². The van der Waals surface area contributed by atoms with Gasteiger partial charge in [0, 0.05) is 12.2 Å². The molecular weight excluding hydrogens is 212 g/mol. The van der Waals surface area contributed by atoms with Gasteiger partial charge in [-0.15, -0.1) is 0 Å². The van der Waals surface area contributed by atoms with E-state index in [1.807, 2.05) is 6.92 Å². The van der Waals surface area contributed by atoms with Crippen LogP contribution in [0.3, 0.4) is 0 Å². The SMILES string of the molecule is CC(CNc1cccc2c1CCCC2)C(N)=O. The van der Waals surface area contributed by atoms with Gasteiger partial charge in [-0.25, -0.2) is 0 Å². The van der Waals surface area contributed by atoms with Crippen molar-refractivity contribution >= 4 is 11.6 Å². The van der Waals surface area contributed by atoms with Crippen molar-refractivity contribution in [1.82, 2.24) is 0 Å². The largest absolute Gasteiger partial charge is 0.384 e. The fourth-order valence-electron chi connectivity index (χ4n) is 2.31. The van der Waals surface area contributed by atoms with Crippen molar-refractivity contribution in [3.05, 3.63) is 29.3 Å².